The van der Waals surface area contributed by atoms with Crippen molar-refractivity contribution in [2.24, 2.45) is 0 Å². The third kappa shape index (κ3) is 4.41. The average molecular weight is 460 g/mol. The Kier molecular flexibility index (Phi) is 6.55. The van der Waals surface area contributed by atoms with Gasteiger partial charge in [-0.25, -0.2) is 9.48 Å². The number of rotatable bonds is 6. The molecule has 0 saturated heterocycles. The zero-order chi connectivity index (χ0) is 24.4. The van der Waals surface area contributed by atoms with Crippen molar-refractivity contribution in [2.75, 3.05) is 4.90 Å². The van der Waals surface area contributed by atoms with Crippen molar-refractivity contribution in [1.29, 1.82) is 0 Å². The zero-order valence-corrected chi connectivity index (χ0v) is 21.2. The molecule has 0 spiro atoms. The molecule has 176 valence electrons. The minimum Gasteiger partial charge on any atom is -0.222 e. The lowest BCUT2D eigenvalue weighted by Crippen LogP contribution is -2.27. The highest BCUT2D eigenvalue weighted by atomic mass is 15.3. The van der Waals surface area contributed by atoms with Gasteiger partial charge in [0.2, 0.25) is 6.34 Å². The van der Waals surface area contributed by atoms with Crippen molar-refractivity contribution in [3.8, 4) is 0 Å². The lowest BCUT2D eigenvalue weighted by atomic mass is 9.90. The van der Waals surface area contributed by atoms with Crippen molar-refractivity contribution >= 4 is 17.7 Å². The molecule has 0 aromatic heterocycles. The molecule has 0 amide bonds. The van der Waals surface area contributed by atoms with Crippen LogP contribution in [0.15, 0.2) is 109 Å². The maximum absolute atomic E-state index is 2.51. The highest BCUT2D eigenvalue weighted by molar-refractivity contribution is 5.82. The van der Waals surface area contributed by atoms with Gasteiger partial charge in [0.15, 0.2) is 12.1 Å². The molecule has 0 saturated carbocycles. The van der Waals surface area contributed by atoms with E-state index < -0.39 is 0 Å². The fourth-order valence-electron chi connectivity index (χ4n) is 5.41. The molecule has 0 radical (unpaired) electrons. The molecule has 1 aliphatic heterocycles. The lowest BCUT2D eigenvalue weighted by Gasteiger charge is -2.26. The highest BCUT2D eigenvalue weighted by Crippen LogP contribution is 2.47. The van der Waals surface area contributed by atoms with Gasteiger partial charge in [0, 0.05) is 22.3 Å². The van der Waals surface area contributed by atoms with Crippen LogP contribution in [0.1, 0.15) is 73.9 Å². The summed E-state index contributed by atoms with van der Waals surface area (Å²) >= 11 is 0. The summed E-state index contributed by atoms with van der Waals surface area (Å²) in [5.74, 6) is 0.867. The molecule has 0 fully saturated rings. The van der Waals surface area contributed by atoms with Crippen molar-refractivity contribution < 1.29 is 4.58 Å². The zero-order valence-electron chi connectivity index (χ0n) is 21.2. The van der Waals surface area contributed by atoms with E-state index in [2.05, 4.69) is 153 Å². The summed E-state index contributed by atoms with van der Waals surface area (Å²) in [5.41, 5.74) is 7.94. The van der Waals surface area contributed by atoms with Crippen LogP contribution in [0.5, 0.6) is 0 Å². The first-order chi connectivity index (χ1) is 17.1. The van der Waals surface area contributed by atoms with Gasteiger partial charge in [0.1, 0.15) is 11.4 Å². The summed E-state index contributed by atoms with van der Waals surface area (Å²) in [7, 11) is 0. The number of nitrogens with zero attached hydrogens (tertiary/aromatic N) is 2. The molecule has 0 aliphatic carbocycles. The highest BCUT2D eigenvalue weighted by Gasteiger charge is 2.46. The van der Waals surface area contributed by atoms with E-state index >= 15 is 0 Å². The SMILES string of the molecule is CC(C)c1ccccc1N1C=[N+](c2ccccc2C(C)C)[C@@H](c2ccccc2)[C@@H]1c1ccccc1. The number of para-hydroxylation sites is 2. The number of hydrogen-bond donors (Lipinski definition) is 0. The molecule has 4 aromatic rings. The first kappa shape index (κ1) is 23.1. The second-order valence-electron chi connectivity index (χ2n) is 10.1. The predicted octanol–water partition coefficient (Wildman–Crippen LogP) is 8.61. The van der Waals surface area contributed by atoms with Crippen LogP contribution in [0.3, 0.4) is 0 Å². The van der Waals surface area contributed by atoms with Gasteiger partial charge in [0.25, 0.3) is 0 Å². The van der Waals surface area contributed by atoms with Crippen LogP contribution in [-0.2, 0) is 0 Å². The Balaban J connectivity index is 1.79. The summed E-state index contributed by atoms with van der Waals surface area (Å²) in [6.45, 7) is 9.14. The van der Waals surface area contributed by atoms with Gasteiger partial charge in [-0.2, -0.15) is 0 Å². The molecular weight excluding hydrogens is 424 g/mol. The molecular formula is C33H35N2+. The Hall–Kier alpha value is -3.65. The summed E-state index contributed by atoms with van der Waals surface area (Å²) in [6.07, 6.45) is 2.36. The van der Waals surface area contributed by atoms with Crippen molar-refractivity contribution in [3.05, 3.63) is 131 Å². The lowest BCUT2D eigenvalue weighted by molar-refractivity contribution is -0.482. The topological polar surface area (TPSA) is 6.25 Å². The molecule has 2 atom stereocenters. The smallest absolute Gasteiger partial charge is 0.222 e. The van der Waals surface area contributed by atoms with Gasteiger partial charge in [-0.05, 0) is 24.0 Å². The quantitative estimate of drug-likeness (QED) is 0.262. The van der Waals surface area contributed by atoms with Crippen LogP contribution in [0.2, 0.25) is 0 Å². The van der Waals surface area contributed by atoms with Crippen molar-refractivity contribution in [2.45, 2.75) is 51.6 Å². The van der Waals surface area contributed by atoms with E-state index in [1.165, 1.54) is 33.6 Å². The van der Waals surface area contributed by atoms with Gasteiger partial charge in [0.05, 0.1) is 0 Å². The second kappa shape index (κ2) is 9.92. The first-order valence-corrected chi connectivity index (χ1v) is 12.8. The molecule has 2 heteroatoms. The van der Waals surface area contributed by atoms with Crippen LogP contribution in [-0.4, -0.2) is 10.9 Å². The maximum Gasteiger partial charge on any atom is 0.245 e. The third-order valence-corrected chi connectivity index (χ3v) is 7.10. The molecule has 0 bridgehead atoms. The van der Waals surface area contributed by atoms with Crippen LogP contribution in [0.25, 0.3) is 0 Å². The normalized spacial score (nSPS) is 17.8. The molecule has 0 unspecified atom stereocenters. The Morgan fingerprint density at radius 1 is 0.571 bits per heavy atom. The number of benzene rings is 4. The van der Waals surface area contributed by atoms with E-state index in [-0.39, 0.29) is 12.1 Å². The van der Waals surface area contributed by atoms with E-state index in [9.17, 15) is 0 Å². The summed E-state index contributed by atoms with van der Waals surface area (Å²) in [5, 5.41) is 0. The average Bonchev–Trinajstić information content (AvgIpc) is 3.30. The largest absolute Gasteiger partial charge is 0.245 e. The third-order valence-electron chi connectivity index (χ3n) is 7.10. The fourth-order valence-corrected chi connectivity index (χ4v) is 5.41. The Labute approximate surface area is 210 Å². The van der Waals surface area contributed by atoms with Gasteiger partial charge in [-0.3, -0.25) is 0 Å². The maximum atomic E-state index is 2.51. The Morgan fingerprint density at radius 2 is 1.09 bits per heavy atom. The van der Waals surface area contributed by atoms with Crippen LogP contribution in [0, 0.1) is 0 Å². The molecule has 1 aliphatic rings. The van der Waals surface area contributed by atoms with E-state index in [1.54, 1.807) is 0 Å². The van der Waals surface area contributed by atoms with Gasteiger partial charge in [-0.1, -0.05) is 125 Å². The molecule has 4 aromatic carbocycles. The van der Waals surface area contributed by atoms with E-state index in [0.29, 0.717) is 11.8 Å². The fraction of sp³-hybridized carbons (Fsp3) is 0.242. The van der Waals surface area contributed by atoms with Gasteiger partial charge in [-0.15, -0.1) is 0 Å². The van der Waals surface area contributed by atoms with Crippen LogP contribution in [0.4, 0.5) is 11.4 Å². The minimum atomic E-state index is 0.138. The number of anilines is 1. The van der Waals surface area contributed by atoms with Gasteiger partial charge >= 0.3 is 0 Å². The predicted molar refractivity (Wildman–Crippen MR) is 148 cm³/mol. The van der Waals surface area contributed by atoms with Crippen molar-refractivity contribution in [3.63, 3.8) is 0 Å². The van der Waals surface area contributed by atoms with E-state index in [1.807, 2.05) is 0 Å². The van der Waals surface area contributed by atoms with E-state index in [0.717, 1.165) is 0 Å². The van der Waals surface area contributed by atoms with Gasteiger partial charge < -0.3 is 0 Å². The molecule has 0 N–H and O–H groups in total. The van der Waals surface area contributed by atoms with Crippen molar-refractivity contribution in [1.82, 2.24) is 0 Å². The Morgan fingerprint density at radius 3 is 1.71 bits per heavy atom. The van der Waals surface area contributed by atoms with E-state index in [4.69, 9.17) is 0 Å². The number of hydrogen-bond acceptors (Lipinski definition) is 1. The second-order valence-corrected chi connectivity index (χ2v) is 10.1. The molecule has 35 heavy (non-hydrogen) atoms. The Bertz CT molecular complexity index is 1310. The first-order valence-electron chi connectivity index (χ1n) is 12.8. The summed E-state index contributed by atoms with van der Waals surface area (Å²) in [6, 6.07) is 40.0. The monoisotopic (exact) mass is 459 g/mol. The van der Waals surface area contributed by atoms with Crippen LogP contribution >= 0.6 is 0 Å². The summed E-state index contributed by atoms with van der Waals surface area (Å²) in [4.78, 5) is 2.51. The van der Waals surface area contributed by atoms with Crippen LogP contribution < -0.4 is 4.90 Å². The standard InChI is InChI=1S/C33H35N2/c1-24(2)28-19-11-13-21-30(28)34-23-35(31-22-14-12-20-29(31)25(3)4)33(27-17-9-6-10-18-27)32(34)26-15-7-5-8-16-26/h5-25,32-33H,1-4H3/q+1/t32-,33-/m0/s1. The minimum absolute atomic E-state index is 0.138. The molecule has 1 heterocycles. The molecule has 5 rings (SSSR count). The summed E-state index contributed by atoms with van der Waals surface area (Å²) < 4.78 is 2.51. The molecule has 2 nitrogen and oxygen atoms in total.